The lowest BCUT2D eigenvalue weighted by Gasteiger charge is -2.20. The molecular weight excluding hydrogens is 326 g/mol. The molecule has 0 amide bonds. The molecule has 1 aliphatic rings. The molecule has 5 nitrogen and oxygen atoms in total. The molecule has 0 aromatic heterocycles. The van der Waals surface area contributed by atoms with E-state index >= 15 is 0 Å². The van der Waals surface area contributed by atoms with E-state index in [1.54, 1.807) is 31.2 Å². The third-order valence-corrected chi connectivity index (χ3v) is 4.84. The van der Waals surface area contributed by atoms with Gasteiger partial charge in [-0.05, 0) is 36.8 Å². The number of ether oxygens (including phenoxy) is 2. The number of hydrogen-bond donors (Lipinski definition) is 1. The molecule has 0 radical (unpaired) electrons. The van der Waals surface area contributed by atoms with E-state index in [9.17, 15) is 8.42 Å². The average Bonchev–Trinajstić information content (AvgIpc) is 2.48. The molecule has 2 aromatic rings. The number of rotatable bonds is 3. The molecule has 0 aliphatic carbocycles. The fourth-order valence-corrected chi connectivity index (χ4v) is 3.56. The highest BCUT2D eigenvalue weighted by atomic mass is 35.5. The number of nitrogens with one attached hydrogen (secondary N) is 1. The van der Waals surface area contributed by atoms with Crippen LogP contribution in [0.15, 0.2) is 41.3 Å². The monoisotopic (exact) mass is 339 g/mol. The molecule has 2 aromatic carbocycles. The van der Waals surface area contributed by atoms with Gasteiger partial charge in [-0.1, -0.05) is 17.7 Å². The Hall–Kier alpha value is -1.92. The van der Waals surface area contributed by atoms with Gasteiger partial charge < -0.3 is 9.47 Å². The summed E-state index contributed by atoms with van der Waals surface area (Å²) in [7, 11) is -3.72. The van der Waals surface area contributed by atoms with Crippen LogP contribution < -0.4 is 14.2 Å². The summed E-state index contributed by atoms with van der Waals surface area (Å²) < 4.78 is 38.4. The van der Waals surface area contributed by atoms with Gasteiger partial charge in [-0.25, -0.2) is 8.42 Å². The number of aryl methyl sites for hydroxylation is 1. The summed E-state index contributed by atoms with van der Waals surface area (Å²) >= 11 is 5.85. The molecule has 1 heterocycles. The molecule has 7 heteroatoms. The fraction of sp³-hybridized carbons (Fsp3) is 0.200. The summed E-state index contributed by atoms with van der Waals surface area (Å²) in [5.74, 6) is 1.15. The largest absolute Gasteiger partial charge is 0.486 e. The SMILES string of the molecule is Cc1cc2c(cc1NS(=O)(=O)c1cccc(Cl)c1)OCCO2. The maximum atomic E-state index is 12.4. The van der Waals surface area contributed by atoms with Crippen LogP contribution in [0.25, 0.3) is 0 Å². The molecule has 0 saturated carbocycles. The van der Waals surface area contributed by atoms with E-state index in [1.165, 1.54) is 12.1 Å². The van der Waals surface area contributed by atoms with Crippen LogP contribution in [0.5, 0.6) is 11.5 Å². The van der Waals surface area contributed by atoms with E-state index in [0.717, 1.165) is 5.56 Å². The smallest absolute Gasteiger partial charge is 0.261 e. The fourth-order valence-electron chi connectivity index (χ4n) is 2.14. The van der Waals surface area contributed by atoms with Crippen molar-refractivity contribution in [2.24, 2.45) is 0 Å². The van der Waals surface area contributed by atoms with Gasteiger partial charge >= 0.3 is 0 Å². The third-order valence-electron chi connectivity index (χ3n) is 3.24. The van der Waals surface area contributed by atoms with Gasteiger partial charge in [0.05, 0.1) is 10.6 Å². The molecule has 0 unspecified atom stereocenters. The Morgan fingerprint density at radius 3 is 2.45 bits per heavy atom. The lowest BCUT2D eigenvalue weighted by Crippen LogP contribution is -2.17. The van der Waals surface area contributed by atoms with Crippen molar-refractivity contribution in [3.63, 3.8) is 0 Å². The van der Waals surface area contributed by atoms with Gasteiger partial charge in [-0.15, -0.1) is 0 Å². The third kappa shape index (κ3) is 2.98. The van der Waals surface area contributed by atoms with Crippen molar-refractivity contribution in [3.8, 4) is 11.5 Å². The second-order valence-corrected chi connectivity index (χ2v) is 6.99. The Morgan fingerprint density at radius 2 is 1.77 bits per heavy atom. The zero-order chi connectivity index (χ0) is 15.7. The molecule has 116 valence electrons. The number of fused-ring (bicyclic) bond motifs is 1. The highest BCUT2D eigenvalue weighted by Crippen LogP contribution is 2.36. The predicted molar refractivity (Wildman–Crippen MR) is 84.4 cm³/mol. The summed E-state index contributed by atoms with van der Waals surface area (Å²) in [5, 5.41) is 0.363. The summed E-state index contributed by atoms with van der Waals surface area (Å²) in [6, 6.07) is 9.48. The van der Waals surface area contributed by atoms with Crippen LogP contribution in [-0.2, 0) is 10.0 Å². The second kappa shape index (κ2) is 5.70. The highest BCUT2D eigenvalue weighted by molar-refractivity contribution is 7.92. The first-order chi connectivity index (χ1) is 10.5. The van der Waals surface area contributed by atoms with Gasteiger partial charge in [-0.2, -0.15) is 0 Å². The van der Waals surface area contributed by atoms with Crippen LogP contribution in [0.1, 0.15) is 5.56 Å². The summed E-state index contributed by atoms with van der Waals surface area (Å²) in [4.78, 5) is 0.106. The molecule has 0 bridgehead atoms. The Morgan fingerprint density at radius 1 is 1.09 bits per heavy atom. The lowest BCUT2D eigenvalue weighted by atomic mass is 10.2. The number of halogens is 1. The van der Waals surface area contributed by atoms with E-state index in [1.807, 2.05) is 0 Å². The lowest BCUT2D eigenvalue weighted by molar-refractivity contribution is 0.171. The molecule has 22 heavy (non-hydrogen) atoms. The topological polar surface area (TPSA) is 64.6 Å². The van der Waals surface area contributed by atoms with Gasteiger partial charge in [0.1, 0.15) is 13.2 Å². The van der Waals surface area contributed by atoms with E-state index in [4.69, 9.17) is 21.1 Å². The van der Waals surface area contributed by atoms with Crippen LogP contribution in [0.4, 0.5) is 5.69 Å². The molecule has 0 spiro atoms. The van der Waals surface area contributed by atoms with E-state index < -0.39 is 10.0 Å². The first-order valence-electron chi connectivity index (χ1n) is 6.64. The van der Waals surface area contributed by atoms with Crippen LogP contribution in [0.3, 0.4) is 0 Å². The molecule has 0 fully saturated rings. The Labute approximate surface area is 133 Å². The first kappa shape index (κ1) is 15.0. The van der Waals surface area contributed by atoms with Crippen molar-refractivity contribution in [1.82, 2.24) is 0 Å². The molecule has 1 aliphatic heterocycles. The molecular formula is C15H14ClNO4S. The van der Waals surface area contributed by atoms with Gasteiger partial charge in [0.2, 0.25) is 0 Å². The average molecular weight is 340 g/mol. The van der Waals surface area contributed by atoms with Crippen molar-refractivity contribution >= 4 is 27.3 Å². The molecule has 0 atom stereocenters. The number of sulfonamides is 1. The van der Waals surface area contributed by atoms with E-state index in [0.29, 0.717) is 35.4 Å². The first-order valence-corrected chi connectivity index (χ1v) is 8.50. The molecule has 0 saturated heterocycles. The minimum absolute atomic E-state index is 0.106. The van der Waals surface area contributed by atoms with E-state index in [2.05, 4.69) is 4.72 Å². The van der Waals surface area contributed by atoms with Gasteiger partial charge in [0, 0.05) is 11.1 Å². The molecule has 3 rings (SSSR count). The molecule has 1 N–H and O–H groups in total. The van der Waals surface area contributed by atoms with Crippen LogP contribution in [-0.4, -0.2) is 21.6 Å². The second-order valence-electron chi connectivity index (χ2n) is 4.87. The summed E-state index contributed by atoms with van der Waals surface area (Å²) in [5.41, 5.74) is 1.19. The van der Waals surface area contributed by atoms with Gasteiger partial charge in [0.25, 0.3) is 10.0 Å². The van der Waals surface area contributed by atoms with Gasteiger partial charge in [0.15, 0.2) is 11.5 Å². The summed E-state index contributed by atoms with van der Waals surface area (Å²) in [6.45, 7) is 2.73. The Kier molecular flexibility index (Phi) is 3.88. The number of benzene rings is 2. The number of hydrogen-bond acceptors (Lipinski definition) is 4. The number of anilines is 1. The van der Waals surface area contributed by atoms with Crippen LogP contribution in [0, 0.1) is 6.92 Å². The predicted octanol–water partition coefficient (Wildman–Crippen LogP) is 3.22. The van der Waals surface area contributed by atoms with Crippen molar-refractivity contribution in [2.45, 2.75) is 11.8 Å². The normalized spacial score (nSPS) is 13.7. The van der Waals surface area contributed by atoms with Crippen molar-refractivity contribution in [2.75, 3.05) is 17.9 Å². The Bertz CT molecular complexity index is 820. The zero-order valence-electron chi connectivity index (χ0n) is 11.8. The Balaban J connectivity index is 1.95. The maximum absolute atomic E-state index is 12.4. The maximum Gasteiger partial charge on any atom is 0.261 e. The standard InChI is InChI=1S/C15H14ClNO4S/c1-10-7-14-15(21-6-5-20-14)9-13(10)17-22(18,19)12-4-2-3-11(16)8-12/h2-4,7-9,17H,5-6H2,1H3. The van der Waals surface area contributed by atoms with Crippen LogP contribution >= 0.6 is 11.6 Å². The van der Waals surface area contributed by atoms with Crippen molar-refractivity contribution in [3.05, 3.63) is 47.0 Å². The van der Waals surface area contributed by atoms with Gasteiger partial charge in [-0.3, -0.25) is 4.72 Å². The minimum atomic E-state index is -3.72. The minimum Gasteiger partial charge on any atom is -0.486 e. The highest BCUT2D eigenvalue weighted by Gasteiger charge is 2.19. The van der Waals surface area contributed by atoms with Crippen molar-refractivity contribution < 1.29 is 17.9 Å². The van der Waals surface area contributed by atoms with Crippen LogP contribution in [0.2, 0.25) is 5.02 Å². The van der Waals surface area contributed by atoms with Crippen molar-refractivity contribution in [1.29, 1.82) is 0 Å². The van der Waals surface area contributed by atoms with E-state index in [-0.39, 0.29) is 4.90 Å². The summed E-state index contributed by atoms with van der Waals surface area (Å²) in [6.07, 6.45) is 0. The zero-order valence-corrected chi connectivity index (χ0v) is 13.4. The quantitative estimate of drug-likeness (QED) is 0.932.